The van der Waals surface area contributed by atoms with E-state index in [2.05, 4.69) is 6.92 Å². The van der Waals surface area contributed by atoms with Crippen molar-refractivity contribution >= 4 is 0 Å². The molecule has 3 heteroatoms. The van der Waals surface area contributed by atoms with Crippen LogP contribution in [-0.2, 0) is 4.74 Å². The predicted octanol–water partition coefficient (Wildman–Crippen LogP) is 3.83. The maximum Gasteiger partial charge on any atom is 0.134 e. The van der Waals surface area contributed by atoms with Crippen LogP contribution < -0.4 is 5.73 Å². The van der Waals surface area contributed by atoms with Crippen molar-refractivity contribution in [2.45, 2.75) is 70.4 Å². The third kappa shape index (κ3) is 9.54. The van der Waals surface area contributed by atoms with Crippen molar-refractivity contribution in [3.63, 3.8) is 0 Å². The summed E-state index contributed by atoms with van der Waals surface area (Å²) in [6, 6.07) is 0. The lowest BCUT2D eigenvalue weighted by Gasteiger charge is -2.24. The van der Waals surface area contributed by atoms with E-state index in [9.17, 15) is 4.39 Å². The lowest BCUT2D eigenvalue weighted by molar-refractivity contribution is 0.0248. The van der Waals surface area contributed by atoms with Gasteiger partial charge in [0.1, 0.15) is 5.67 Å². The molecule has 104 valence electrons. The molecule has 0 aromatic rings. The van der Waals surface area contributed by atoms with Crippen molar-refractivity contribution in [3.05, 3.63) is 0 Å². The summed E-state index contributed by atoms with van der Waals surface area (Å²) < 4.78 is 19.4. The molecular weight excluding hydrogens is 217 g/mol. The van der Waals surface area contributed by atoms with Gasteiger partial charge in [-0.15, -0.1) is 0 Å². The van der Waals surface area contributed by atoms with Crippen molar-refractivity contribution in [1.82, 2.24) is 0 Å². The number of ether oxygens (including phenoxy) is 1. The first-order chi connectivity index (χ1) is 8.18. The molecule has 0 radical (unpaired) electrons. The zero-order chi connectivity index (χ0) is 13.0. The fraction of sp³-hybridized carbons (Fsp3) is 1.00. The molecule has 1 unspecified atom stereocenters. The van der Waals surface area contributed by atoms with Crippen LogP contribution in [0.3, 0.4) is 0 Å². The Balaban J connectivity index is 3.68. The molecule has 0 aromatic heterocycles. The second kappa shape index (κ2) is 11.0. The minimum absolute atomic E-state index is 0.210. The van der Waals surface area contributed by atoms with Gasteiger partial charge in [-0.1, -0.05) is 45.4 Å². The normalized spacial score (nSPS) is 14.8. The first-order valence-electron chi connectivity index (χ1n) is 7.06. The van der Waals surface area contributed by atoms with Gasteiger partial charge in [-0.3, -0.25) is 0 Å². The monoisotopic (exact) mass is 247 g/mol. The fourth-order valence-electron chi connectivity index (χ4n) is 2.17. The Kier molecular flexibility index (Phi) is 10.9. The molecule has 2 nitrogen and oxygen atoms in total. The van der Waals surface area contributed by atoms with Crippen LogP contribution in [0.1, 0.15) is 64.7 Å². The number of nitrogens with two attached hydrogens (primary N) is 1. The van der Waals surface area contributed by atoms with Gasteiger partial charge in [0.2, 0.25) is 0 Å². The Bertz CT molecular complexity index is 166. The topological polar surface area (TPSA) is 35.2 Å². The molecule has 0 rings (SSSR count). The third-order valence-corrected chi connectivity index (χ3v) is 3.21. The van der Waals surface area contributed by atoms with Crippen LogP contribution >= 0.6 is 0 Å². The van der Waals surface area contributed by atoms with Gasteiger partial charge in [-0.2, -0.15) is 0 Å². The SMILES string of the molecule is CCCCCCCCC(F)(CCCN)COC. The Morgan fingerprint density at radius 3 is 2.18 bits per heavy atom. The van der Waals surface area contributed by atoms with Crippen molar-refractivity contribution < 1.29 is 9.13 Å². The number of alkyl halides is 1. The van der Waals surface area contributed by atoms with E-state index in [0.29, 0.717) is 19.4 Å². The van der Waals surface area contributed by atoms with Crippen LogP contribution in [0.2, 0.25) is 0 Å². The zero-order valence-electron chi connectivity index (χ0n) is 11.6. The number of rotatable bonds is 12. The summed E-state index contributed by atoms with van der Waals surface area (Å²) in [5, 5.41) is 0. The summed E-state index contributed by atoms with van der Waals surface area (Å²) >= 11 is 0. The average Bonchev–Trinajstić information content (AvgIpc) is 2.32. The summed E-state index contributed by atoms with van der Waals surface area (Å²) in [6.07, 6.45) is 9.07. The van der Waals surface area contributed by atoms with E-state index >= 15 is 0 Å². The summed E-state index contributed by atoms with van der Waals surface area (Å²) in [7, 11) is 1.57. The summed E-state index contributed by atoms with van der Waals surface area (Å²) in [6.45, 7) is 2.98. The van der Waals surface area contributed by atoms with Gasteiger partial charge in [-0.05, 0) is 25.8 Å². The molecule has 1 atom stereocenters. The molecule has 0 aliphatic carbocycles. The van der Waals surface area contributed by atoms with E-state index in [1.165, 1.54) is 25.7 Å². The molecule has 0 amide bonds. The molecule has 0 aliphatic heterocycles. The number of halogens is 1. The van der Waals surface area contributed by atoms with Crippen LogP contribution in [0, 0.1) is 0 Å². The smallest absolute Gasteiger partial charge is 0.134 e. The van der Waals surface area contributed by atoms with Gasteiger partial charge in [0.15, 0.2) is 0 Å². The van der Waals surface area contributed by atoms with Crippen LogP contribution in [-0.4, -0.2) is 25.9 Å². The minimum atomic E-state index is -1.15. The summed E-state index contributed by atoms with van der Waals surface area (Å²) in [4.78, 5) is 0. The van der Waals surface area contributed by atoms with Gasteiger partial charge in [0, 0.05) is 7.11 Å². The standard InChI is InChI=1S/C14H30FNO/c1-3-4-5-6-7-8-10-14(15,13-17-2)11-9-12-16/h3-13,16H2,1-2H3. The number of methoxy groups -OCH3 is 1. The van der Waals surface area contributed by atoms with Gasteiger partial charge in [0.05, 0.1) is 6.61 Å². The first-order valence-corrected chi connectivity index (χ1v) is 7.06. The van der Waals surface area contributed by atoms with Crippen molar-refractivity contribution in [2.24, 2.45) is 5.73 Å². The Morgan fingerprint density at radius 2 is 1.59 bits per heavy atom. The summed E-state index contributed by atoms with van der Waals surface area (Å²) in [5.74, 6) is 0. The molecule has 0 spiro atoms. The second-order valence-electron chi connectivity index (χ2n) is 4.99. The van der Waals surface area contributed by atoms with Gasteiger partial charge in [-0.25, -0.2) is 4.39 Å². The van der Waals surface area contributed by atoms with E-state index in [1.54, 1.807) is 7.11 Å². The van der Waals surface area contributed by atoms with Crippen LogP contribution in [0.25, 0.3) is 0 Å². The van der Waals surface area contributed by atoms with E-state index in [4.69, 9.17) is 10.5 Å². The Labute approximate surface area is 106 Å². The molecule has 0 bridgehead atoms. The van der Waals surface area contributed by atoms with Crippen molar-refractivity contribution in [1.29, 1.82) is 0 Å². The van der Waals surface area contributed by atoms with Gasteiger partial charge in [0.25, 0.3) is 0 Å². The number of unbranched alkanes of at least 4 members (excludes halogenated alkanes) is 5. The lowest BCUT2D eigenvalue weighted by Crippen LogP contribution is -2.29. The molecule has 0 fully saturated rings. The highest BCUT2D eigenvalue weighted by Gasteiger charge is 2.28. The third-order valence-electron chi connectivity index (χ3n) is 3.21. The van der Waals surface area contributed by atoms with Crippen molar-refractivity contribution in [3.8, 4) is 0 Å². The minimum Gasteiger partial charge on any atom is -0.381 e. The summed E-state index contributed by atoms with van der Waals surface area (Å²) in [5.41, 5.74) is 4.28. The molecule has 2 N–H and O–H groups in total. The number of hydrogen-bond donors (Lipinski definition) is 1. The highest BCUT2D eigenvalue weighted by molar-refractivity contribution is 4.79. The van der Waals surface area contributed by atoms with E-state index in [-0.39, 0.29) is 6.61 Å². The zero-order valence-corrected chi connectivity index (χ0v) is 11.6. The maximum absolute atomic E-state index is 14.4. The number of hydrogen-bond acceptors (Lipinski definition) is 2. The molecular formula is C14H30FNO. The van der Waals surface area contributed by atoms with E-state index < -0.39 is 5.67 Å². The molecule has 0 aromatic carbocycles. The lowest BCUT2D eigenvalue weighted by atomic mass is 9.93. The predicted molar refractivity (Wildman–Crippen MR) is 72.0 cm³/mol. The molecule has 0 saturated carbocycles. The van der Waals surface area contributed by atoms with Gasteiger partial charge < -0.3 is 10.5 Å². The highest BCUT2D eigenvalue weighted by Crippen LogP contribution is 2.26. The molecule has 0 heterocycles. The quantitative estimate of drug-likeness (QED) is 0.532. The van der Waals surface area contributed by atoms with Crippen LogP contribution in [0.15, 0.2) is 0 Å². The van der Waals surface area contributed by atoms with Crippen molar-refractivity contribution in [2.75, 3.05) is 20.3 Å². The molecule has 0 saturated heterocycles. The van der Waals surface area contributed by atoms with E-state index in [0.717, 1.165) is 19.3 Å². The van der Waals surface area contributed by atoms with Crippen LogP contribution in [0.4, 0.5) is 4.39 Å². The maximum atomic E-state index is 14.4. The van der Waals surface area contributed by atoms with Crippen LogP contribution in [0.5, 0.6) is 0 Å². The van der Waals surface area contributed by atoms with E-state index in [1.807, 2.05) is 0 Å². The van der Waals surface area contributed by atoms with Gasteiger partial charge >= 0.3 is 0 Å². The first kappa shape index (κ1) is 16.9. The Morgan fingerprint density at radius 1 is 1.00 bits per heavy atom. The highest BCUT2D eigenvalue weighted by atomic mass is 19.1. The second-order valence-corrected chi connectivity index (χ2v) is 4.99. The largest absolute Gasteiger partial charge is 0.381 e. The Hall–Kier alpha value is -0.150. The average molecular weight is 247 g/mol. The molecule has 17 heavy (non-hydrogen) atoms. The molecule has 0 aliphatic rings. The fourth-order valence-corrected chi connectivity index (χ4v) is 2.17.